The van der Waals surface area contributed by atoms with E-state index in [1.165, 1.54) is 11.1 Å². The van der Waals surface area contributed by atoms with E-state index in [4.69, 9.17) is 0 Å². The van der Waals surface area contributed by atoms with Gasteiger partial charge in [0.25, 0.3) is 20.2 Å². The quantitative estimate of drug-likeness (QED) is 0.0936. The second kappa shape index (κ2) is 13.0. The van der Waals surface area contributed by atoms with Crippen LogP contribution in [0.5, 0.6) is 0 Å². The molecule has 0 amide bonds. The Hall–Kier alpha value is -4.09. The van der Waals surface area contributed by atoms with E-state index < -0.39 is 20.2 Å². The molecule has 0 saturated heterocycles. The summed E-state index contributed by atoms with van der Waals surface area (Å²) in [5.74, 6) is -0.628. The van der Waals surface area contributed by atoms with E-state index in [2.05, 4.69) is 97.9 Å². The van der Waals surface area contributed by atoms with Crippen LogP contribution in [0.15, 0.2) is 109 Å². The van der Waals surface area contributed by atoms with Gasteiger partial charge in [-0.15, -0.1) is 0 Å². The van der Waals surface area contributed by atoms with E-state index in [0.29, 0.717) is 13.1 Å². The minimum Gasteiger partial charge on any atom is -0.344 e. The Morgan fingerprint density at radius 2 is 1.29 bits per heavy atom. The zero-order chi connectivity index (χ0) is 35.2. The molecule has 2 N–H and O–H groups in total. The standard InChI is InChI=1S/C39H42N2O6S2/c1-38(2)34(40(24-12-26-48(42,43)44)32-22-20-28-14-8-10-16-30(28)36(32)38)18-6-5-7-19-35-39(3,4)37-31-17-11-9-15-29(31)21-23-33(37)41(35)25-13-27-49(45,46)47/h5-11,14-23H,12-13,24-27H2,1-4H3,(H-,42,43,44,45,46,47)/p+1. The Labute approximate surface area is 289 Å². The lowest BCUT2D eigenvalue weighted by Crippen LogP contribution is -2.28. The molecule has 4 aromatic rings. The Kier molecular flexibility index (Phi) is 9.21. The summed E-state index contributed by atoms with van der Waals surface area (Å²) < 4.78 is 67.2. The molecule has 0 radical (unpaired) electrons. The molecule has 0 atom stereocenters. The van der Waals surface area contributed by atoms with Crippen molar-refractivity contribution < 1.29 is 30.5 Å². The van der Waals surface area contributed by atoms with Crippen molar-refractivity contribution in [2.45, 2.75) is 51.4 Å². The number of hydrogen-bond acceptors (Lipinski definition) is 5. The van der Waals surface area contributed by atoms with Crippen LogP contribution in [0.1, 0.15) is 51.7 Å². The zero-order valence-electron chi connectivity index (χ0n) is 28.3. The highest BCUT2D eigenvalue weighted by Crippen LogP contribution is 2.51. The van der Waals surface area contributed by atoms with E-state index in [-0.39, 0.29) is 35.2 Å². The maximum atomic E-state index is 11.6. The molecule has 0 saturated carbocycles. The van der Waals surface area contributed by atoms with E-state index in [1.54, 1.807) is 0 Å². The molecule has 4 aromatic carbocycles. The lowest BCUT2D eigenvalue weighted by Gasteiger charge is -2.27. The molecule has 0 bridgehead atoms. The number of benzene rings is 4. The second-order valence-corrected chi connectivity index (χ2v) is 17.0. The van der Waals surface area contributed by atoms with Crippen molar-refractivity contribution in [3.63, 3.8) is 0 Å². The molecule has 49 heavy (non-hydrogen) atoms. The second-order valence-electron chi connectivity index (χ2n) is 13.9. The molecule has 2 aliphatic heterocycles. The highest BCUT2D eigenvalue weighted by molar-refractivity contribution is 7.86. The van der Waals surface area contributed by atoms with Crippen LogP contribution < -0.4 is 4.90 Å². The van der Waals surface area contributed by atoms with Crippen molar-refractivity contribution in [3.05, 3.63) is 120 Å². The van der Waals surface area contributed by atoms with Gasteiger partial charge in [-0.3, -0.25) is 9.11 Å². The average Bonchev–Trinajstić information content (AvgIpc) is 3.38. The van der Waals surface area contributed by atoms with Crippen molar-refractivity contribution in [3.8, 4) is 0 Å². The summed E-state index contributed by atoms with van der Waals surface area (Å²) in [6, 6.07) is 24.9. The topological polar surface area (TPSA) is 115 Å². The molecule has 8 nitrogen and oxygen atoms in total. The minimum absolute atomic E-state index is 0.276. The maximum absolute atomic E-state index is 11.6. The molecule has 6 rings (SSSR count). The maximum Gasteiger partial charge on any atom is 0.265 e. The molecule has 0 aliphatic carbocycles. The summed E-state index contributed by atoms with van der Waals surface area (Å²) in [4.78, 5) is 2.16. The van der Waals surface area contributed by atoms with Gasteiger partial charge in [-0.25, -0.2) is 0 Å². The normalized spacial score (nSPS) is 18.1. The van der Waals surface area contributed by atoms with Gasteiger partial charge in [0.1, 0.15) is 6.54 Å². The number of allylic oxidation sites excluding steroid dienone is 6. The summed E-state index contributed by atoms with van der Waals surface area (Å²) >= 11 is 0. The molecule has 0 aromatic heterocycles. The van der Waals surface area contributed by atoms with Crippen molar-refractivity contribution in [2.24, 2.45) is 0 Å². The summed E-state index contributed by atoms with van der Waals surface area (Å²) in [5, 5.41) is 4.58. The molecule has 0 unspecified atom stereocenters. The number of fused-ring (bicyclic) bond motifs is 6. The van der Waals surface area contributed by atoms with Crippen LogP contribution in [-0.2, 0) is 31.1 Å². The predicted molar refractivity (Wildman–Crippen MR) is 200 cm³/mol. The number of anilines is 1. The average molecular weight is 700 g/mol. The smallest absolute Gasteiger partial charge is 0.265 e. The van der Waals surface area contributed by atoms with Gasteiger partial charge in [-0.2, -0.15) is 21.4 Å². The zero-order valence-corrected chi connectivity index (χ0v) is 29.9. The Morgan fingerprint density at radius 3 is 1.94 bits per heavy atom. The third kappa shape index (κ3) is 6.88. The van der Waals surface area contributed by atoms with Gasteiger partial charge < -0.3 is 4.90 Å². The van der Waals surface area contributed by atoms with Crippen molar-refractivity contribution in [1.82, 2.24) is 0 Å². The number of rotatable bonds is 11. The number of nitrogens with zero attached hydrogens (tertiary/aromatic N) is 2. The predicted octanol–water partition coefficient (Wildman–Crippen LogP) is 7.72. The van der Waals surface area contributed by atoms with E-state index in [1.807, 2.05) is 42.5 Å². The third-order valence-electron chi connectivity index (χ3n) is 9.81. The molecule has 10 heteroatoms. The highest BCUT2D eigenvalue weighted by atomic mass is 32.2. The first-order valence-electron chi connectivity index (χ1n) is 16.5. The summed E-state index contributed by atoms with van der Waals surface area (Å²) in [7, 11) is -8.17. The molecular formula is C39H43N2O6S2+. The third-order valence-corrected chi connectivity index (χ3v) is 11.4. The van der Waals surface area contributed by atoms with E-state index in [9.17, 15) is 25.9 Å². The van der Waals surface area contributed by atoms with Crippen LogP contribution >= 0.6 is 0 Å². The fraction of sp³-hybridized carbons (Fsp3) is 0.308. The summed E-state index contributed by atoms with van der Waals surface area (Å²) in [6.07, 6.45) is 10.7. The molecule has 0 spiro atoms. The van der Waals surface area contributed by atoms with Crippen molar-refractivity contribution >= 4 is 58.9 Å². The van der Waals surface area contributed by atoms with Crippen LogP contribution in [-0.4, -0.2) is 60.8 Å². The van der Waals surface area contributed by atoms with Gasteiger partial charge >= 0.3 is 0 Å². The van der Waals surface area contributed by atoms with E-state index in [0.717, 1.165) is 44.3 Å². The van der Waals surface area contributed by atoms with Crippen LogP contribution in [0.2, 0.25) is 0 Å². The molecule has 256 valence electrons. The monoisotopic (exact) mass is 699 g/mol. The minimum atomic E-state index is -4.08. The highest BCUT2D eigenvalue weighted by Gasteiger charge is 2.45. The summed E-state index contributed by atoms with van der Waals surface area (Å²) in [6.45, 7) is 9.58. The van der Waals surface area contributed by atoms with Gasteiger partial charge in [-0.05, 0) is 65.6 Å². The van der Waals surface area contributed by atoms with Gasteiger partial charge in [0.05, 0.1) is 16.9 Å². The van der Waals surface area contributed by atoms with Gasteiger partial charge in [-0.1, -0.05) is 86.7 Å². The van der Waals surface area contributed by atoms with Crippen LogP contribution in [0, 0.1) is 0 Å². The van der Waals surface area contributed by atoms with Crippen LogP contribution in [0.3, 0.4) is 0 Å². The Bertz CT molecular complexity index is 2300. The molecular weight excluding hydrogens is 657 g/mol. The lowest BCUT2D eigenvalue weighted by molar-refractivity contribution is -0.437. The van der Waals surface area contributed by atoms with Gasteiger partial charge in [0.2, 0.25) is 5.69 Å². The van der Waals surface area contributed by atoms with Gasteiger partial charge in [0.15, 0.2) is 5.71 Å². The lowest BCUT2D eigenvalue weighted by atomic mass is 9.79. The first-order chi connectivity index (χ1) is 23.1. The molecule has 0 fully saturated rings. The fourth-order valence-corrected chi connectivity index (χ4v) is 8.71. The number of hydrogen-bond donors (Lipinski definition) is 2. The molecule has 2 heterocycles. The largest absolute Gasteiger partial charge is 0.344 e. The SMILES string of the molecule is CC1(C)C(/C=C/C=C/C=C2/N(CCCS(=O)(=O)O)c3ccc4ccccc4c3C2(C)C)=[N+](CCCS(=O)(=O)O)c2ccc3ccccc3c21. The van der Waals surface area contributed by atoms with Crippen LogP contribution in [0.25, 0.3) is 21.5 Å². The van der Waals surface area contributed by atoms with Gasteiger partial charge in [0, 0.05) is 47.5 Å². The first kappa shape index (κ1) is 34.8. The van der Waals surface area contributed by atoms with Crippen molar-refractivity contribution in [2.75, 3.05) is 29.5 Å². The molecule has 2 aliphatic rings. The fourth-order valence-electron chi connectivity index (χ4n) is 7.72. The Morgan fingerprint density at radius 1 is 0.694 bits per heavy atom. The Balaban J connectivity index is 1.35. The van der Waals surface area contributed by atoms with Crippen LogP contribution in [0.4, 0.5) is 11.4 Å². The van der Waals surface area contributed by atoms with E-state index >= 15 is 0 Å². The van der Waals surface area contributed by atoms with Crippen molar-refractivity contribution in [1.29, 1.82) is 0 Å². The first-order valence-corrected chi connectivity index (χ1v) is 19.7. The summed E-state index contributed by atoms with van der Waals surface area (Å²) in [5.41, 5.74) is 5.72.